The number of alkyl halides is 3. The summed E-state index contributed by atoms with van der Waals surface area (Å²) >= 11 is 0. The highest BCUT2D eigenvalue weighted by Gasteiger charge is 2.33. The van der Waals surface area contributed by atoms with Crippen LogP contribution in [0.5, 0.6) is 0 Å². The first-order valence-electron chi connectivity index (χ1n) is 7.91. The van der Waals surface area contributed by atoms with Crippen LogP contribution in [-0.2, 0) is 6.18 Å². The predicted molar refractivity (Wildman–Crippen MR) is 88.7 cm³/mol. The number of anilines is 1. The first kappa shape index (κ1) is 15.7. The van der Waals surface area contributed by atoms with E-state index >= 15 is 0 Å². The molecule has 0 saturated heterocycles. The lowest BCUT2D eigenvalue weighted by atomic mass is 10.1. The maximum atomic E-state index is 13.2. The van der Waals surface area contributed by atoms with Gasteiger partial charge in [-0.3, -0.25) is 4.57 Å². The molecule has 0 saturated carbocycles. The Balaban J connectivity index is 1.99. The predicted octanol–water partition coefficient (Wildman–Crippen LogP) is 4.48. The minimum absolute atomic E-state index is 0.00620. The summed E-state index contributed by atoms with van der Waals surface area (Å²) in [5.41, 5.74) is 1.16. The van der Waals surface area contributed by atoms with Gasteiger partial charge in [0, 0.05) is 18.0 Å². The van der Waals surface area contributed by atoms with Gasteiger partial charge in [0.05, 0.1) is 16.9 Å². The normalized spacial score (nSPS) is 16.6. The lowest BCUT2D eigenvalue weighted by Crippen LogP contribution is -2.09. The van der Waals surface area contributed by atoms with Gasteiger partial charge in [0.1, 0.15) is 5.82 Å². The van der Waals surface area contributed by atoms with Crippen LogP contribution in [0.15, 0.2) is 48.5 Å². The standard InChI is InChI=1S/C18H15F3N4/c1-11-10-22-14-8-7-13(18(19,20)21)9-15(14)25-16(11)23-24-17(25)12-5-3-2-4-6-12/h2-9,11,22H,10H2,1H3. The van der Waals surface area contributed by atoms with E-state index in [2.05, 4.69) is 15.5 Å². The van der Waals surface area contributed by atoms with Gasteiger partial charge in [0.25, 0.3) is 0 Å². The van der Waals surface area contributed by atoms with Crippen LogP contribution in [-0.4, -0.2) is 21.3 Å². The fourth-order valence-electron chi connectivity index (χ4n) is 3.02. The van der Waals surface area contributed by atoms with Gasteiger partial charge in [-0.25, -0.2) is 0 Å². The van der Waals surface area contributed by atoms with Gasteiger partial charge in [-0.2, -0.15) is 13.2 Å². The molecule has 1 aliphatic heterocycles. The molecule has 0 aliphatic carbocycles. The van der Waals surface area contributed by atoms with Crippen LogP contribution in [0.25, 0.3) is 17.1 Å². The van der Waals surface area contributed by atoms with Crippen molar-refractivity contribution in [3.63, 3.8) is 0 Å². The number of nitrogens with zero attached hydrogens (tertiary/aromatic N) is 3. The highest BCUT2D eigenvalue weighted by Crippen LogP contribution is 2.37. The van der Waals surface area contributed by atoms with Crippen LogP contribution in [0, 0.1) is 0 Å². The number of hydrogen-bond donors (Lipinski definition) is 1. The van der Waals surface area contributed by atoms with Crippen LogP contribution in [0.4, 0.5) is 18.9 Å². The van der Waals surface area contributed by atoms with E-state index in [1.807, 2.05) is 37.3 Å². The molecule has 1 unspecified atom stereocenters. The van der Waals surface area contributed by atoms with E-state index in [-0.39, 0.29) is 5.92 Å². The van der Waals surface area contributed by atoms with Gasteiger partial charge in [-0.1, -0.05) is 37.3 Å². The Morgan fingerprint density at radius 3 is 2.56 bits per heavy atom. The van der Waals surface area contributed by atoms with Gasteiger partial charge >= 0.3 is 6.18 Å². The van der Waals surface area contributed by atoms with E-state index in [0.29, 0.717) is 29.6 Å². The molecule has 1 N–H and O–H groups in total. The summed E-state index contributed by atoms with van der Waals surface area (Å²) in [6.45, 7) is 2.55. The van der Waals surface area contributed by atoms with Gasteiger partial charge in [-0.15, -0.1) is 10.2 Å². The zero-order chi connectivity index (χ0) is 17.6. The summed E-state index contributed by atoms with van der Waals surface area (Å²) in [4.78, 5) is 0. The molecule has 4 rings (SSSR count). The van der Waals surface area contributed by atoms with Gasteiger partial charge in [-0.05, 0) is 18.2 Å². The molecule has 4 nitrogen and oxygen atoms in total. The minimum atomic E-state index is -4.41. The molecule has 25 heavy (non-hydrogen) atoms. The molecule has 0 amide bonds. The highest BCUT2D eigenvalue weighted by molar-refractivity contribution is 5.69. The molecule has 2 heterocycles. The van der Waals surface area contributed by atoms with Crippen molar-refractivity contribution in [3.05, 3.63) is 59.9 Å². The van der Waals surface area contributed by atoms with E-state index in [1.54, 1.807) is 4.57 Å². The molecular weight excluding hydrogens is 329 g/mol. The molecule has 3 aromatic rings. The summed E-state index contributed by atoms with van der Waals surface area (Å²) < 4.78 is 41.3. The van der Waals surface area contributed by atoms with E-state index < -0.39 is 11.7 Å². The smallest absolute Gasteiger partial charge is 0.383 e. The average molecular weight is 344 g/mol. The van der Waals surface area contributed by atoms with Crippen LogP contribution in [0.2, 0.25) is 0 Å². The maximum Gasteiger partial charge on any atom is 0.416 e. The highest BCUT2D eigenvalue weighted by atomic mass is 19.4. The monoisotopic (exact) mass is 344 g/mol. The molecule has 1 aromatic heterocycles. The number of fused-ring (bicyclic) bond motifs is 3. The molecule has 0 bridgehead atoms. The first-order valence-corrected chi connectivity index (χ1v) is 7.91. The molecule has 7 heteroatoms. The van der Waals surface area contributed by atoms with E-state index in [0.717, 1.165) is 17.7 Å². The Kier molecular flexibility index (Phi) is 3.52. The van der Waals surface area contributed by atoms with Crippen molar-refractivity contribution in [2.24, 2.45) is 0 Å². The molecular formula is C18H15F3N4. The van der Waals surface area contributed by atoms with Crippen molar-refractivity contribution in [2.45, 2.75) is 19.0 Å². The van der Waals surface area contributed by atoms with Gasteiger partial charge in [0.2, 0.25) is 0 Å². The largest absolute Gasteiger partial charge is 0.416 e. The van der Waals surface area contributed by atoms with E-state index in [1.165, 1.54) is 6.07 Å². The number of hydrogen-bond acceptors (Lipinski definition) is 3. The molecule has 1 atom stereocenters. The third kappa shape index (κ3) is 2.65. The number of benzene rings is 2. The fourth-order valence-corrected chi connectivity index (χ4v) is 3.02. The Morgan fingerprint density at radius 1 is 1.08 bits per heavy atom. The summed E-state index contributed by atoms with van der Waals surface area (Å²) in [7, 11) is 0. The zero-order valence-electron chi connectivity index (χ0n) is 13.4. The number of halogens is 3. The summed E-state index contributed by atoms with van der Waals surface area (Å²) in [6.07, 6.45) is -4.41. The Morgan fingerprint density at radius 2 is 1.84 bits per heavy atom. The zero-order valence-corrected chi connectivity index (χ0v) is 13.4. The van der Waals surface area contributed by atoms with Crippen molar-refractivity contribution in [1.82, 2.24) is 14.8 Å². The summed E-state index contributed by atoms with van der Waals surface area (Å²) in [5, 5.41) is 11.7. The second kappa shape index (κ2) is 5.61. The van der Waals surface area contributed by atoms with Gasteiger partial charge < -0.3 is 5.32 Å². The second-order valence-electron chi connectivity index (χ2n) is 6.09. The Bertz CT molecular complexity index is 916. The lowest BCUT2D eigenvalue weighted by molar-refractivity contribution is -0.137. The van der Waals surface area contributed by atoms with Crippen LogP contribution >= 0.6 is 0 Å². The van der Waals surface area contributed by atoms with E-state index in [9.17, 15) is 13.2 Å². The Hall–Kier alpha value is -2.83. The van der Waals surface area contributed by atoms with Crippen molar-refractivity contribution < 1.29 is 13.2 Å². The quantitative estimate of drug-likeness (QED) is 0.708. The van der Waals surface area contributed by atoms with Crippen LogP contribution < -0.4 is 5.32 Å². The third-order valence-electron chi connectivity index (χ3n) is 4.33. The number of aromatic nitrogens is 3. The van der Waals surface area contributed by atoms with Crippen molar-refractivity contribution in [3.8, 4) is 17.1 Å². The molecule has 0 radical (unpaired) electrons. The van der Waals surface area contributed by atoms with E-state index in [4.69, 9.17) is 0 Å². The van der Waals surface area contributed by atoms with Crippen molar-refractivity contribution in [1.29, 1.82) is 0 Å². The van der Waals surface area contributed by atoms with Crippen LogP contribution in [0.1, 0.15) is 24.2 Å². The second-order valence-corrected chi connectivity index (χ2v) is 6.09. The third-order valence-corrected chi connectivity index (χ3v) is 4.33. The molecule has 1 aliphatic rings. The number of rotatable bonds is 1. The van der Waals surface area contributed by atoms with Crippen molar-refractivity contribution in [2.75, 3.05) is 11.9 Å². The van der Waals surface area contributed by atoms with Crippen LogP contribution in [0.3, 0.4) is 0 Å². The SMILES string of the molecule is CC1CNc2ccc(C(F)(F)F)cc2-n2c(-c3ccccc3)nnc21. The Labute approximate surface area is 142 Å². The minimum Gasteiger partial charge on any atom is -0.383 e. The summed E-state index contributed by atoms with van der Waals surface area (Å²) in [5.74, 6) is 1.18. The first-order chi connectivity index (χ1) is 11.9. The fraction of sp³-hybridized carbons (Fsp3) is 0.222. The molecule has 0 spiro atoms. The number of nitrogens with one attached hydrogen (secondary N) is 1. The van der Waals surface area contributed by atoms with Crippen molar-refractivity contribution >= 4 is 5.69 Å². The lowest BCUT2D eigenvalue weighted by Gasteiger charge is -2.15. The van der Waals surface area contributed by atoms with Gasteiger partial charge in [0.15, 0.2) is 5.82 Å². The summed E-state index contributed by atoms with van der Waals surface area (Å²) in [6, 6.07) is 13.1. The molecule has 128 valence electrons. The average Bonchev–Trinajstić information content (AvgIpc) is 2.99. The molecule has 2 aromatic carbocycles. The topological polar surface area (TPSA) is 42.7 Å². The molecule has 0 fully saturated rings. The maximum absolute atomic E-state index is 13.2.